The van der Waals surface area contributed by atoms with Gasteiger partial charge in [0.25, 0.3) is 6.20 Å². The third-order valence-corrected chi connectivity index (χ3v) is 16.6. The molecule has 15 atom stereocenters. The highest BCUT2D eigenvalue weighted by molar-refractivity contribution is 7.98. The number of aliphatic hydroxyl groups excluding tert-OH is 2. The van der Waals surface area contributed by atoms with E-state index in [0.29, 0.717) is 37.4 Å². The maximum Gasteiger partial charge on any atom is 0.338 e. The van der Waals surface area contributed by atoms with Gasteiger partial charge < -0.3 is 63.7 Å². The third-order valence-electron chi connectivity index (χ3n) is 15.7. The summed E-state index contributed by atoms with van der Waals surface area (Å²) in [6.07, 6.45) is -4.57. The van der Waals surface area contributed by atoms with E-state index in [1.807, 2.05) is 33.2 Å². The molecule has 0 amide bonds. The largest absolute Gasteiger partial charge is 0.464 e. The number of ether oxygens (including phenoxy) is 6. The van der Waals surface area contributed by atoms with Crippen molar-refractivity contribution in [1.29, 1.82) is 0 Å². The number of carbonyl (C=O) groups excluding carboxylic acids is 2. The van der Waals surface area contributed by atoms with E-state index in [1.54, 1.807) is 70.5 Å². The summed E-state index contributed by atoms with van der Waals surface area (Å²) in [7, 11) is 11.9. The van der Waals surface area contributed by atoms with Crippen molar-refractivity contribution < 1.29 is 62.7 Å². The van der Waals surface area contributed by atoms with Crippen LogP contribution >= 0.6 is 11.8 Å². The van der Waals surface area contributed by atoms with Crippen LogP contribution in [0.15, 0.2) is 58.9 Å². The highest BCUT2D eigenvalue weighted by Crippen LogP contribution is 2.80. The van der Waals surface area contributed by atoms with Crippen LogP contribution in [0.25, 0.3) is 0 Å². The number of piperidine rings is 1. The van der Waals surface area contributed by atoms with Crippen molar-refractivity contribution in [1.82, 2.24) is 20.4 Å². The van der Waals surface area contributed by atoms with Crippen molar-refractivity contribution in [3.63, 3.8) is 0 Å². The summed E-state index contributed by atoms with van der Waals surface area (Å²) in [6, 6.07) is 12.2. The van der Waals surface area contributed by atoms with Crippen molar-refractivity contribution in [2.75, 3.05) is 81.6 Å². The lowest BCUT2D eigenvalue weighted by molar-refractivity contribution is -0.404. The van der Waals surface area contributed by atoms with Crippen molar-refractivity contribution in [2.24, 2.45) is 34.5 Å². The molecule has 1 spiro atoms. The molecule has 5 aliphatic carbocycles. The van der Waals surface area contributed by atoms with Gasteiger partial charge in [-0.05, 0) is 57.2 Å². The Kier molecular flexibility index (Phi) is 15.4. The summed E-state index contributed by atoms with van der Waals surface area (Å²) >= 11 is 1.72. The van der Waals surface area contributed by atoms with Gasteiger partial charge in [0.15, 0.2) is 11.4 Å². The second-order valence-corrected chi connectivity index (χ2v) is 20.2. The average Bonchev–Trinajstić information content (AvgIpc) is 3.90. The van der Waals surface area contributed by atoms with E-state index in [4.69, 9.17) is 32.8 Å². The zero-order valence-corrected chi connectivity index (χ0v) is 40.7. The van der Waals surface area contributed by atoms with E-state index in [1.165, 1.54) is 14.0 Å². The number of likely N-dealkylation sites (tertiary alicyclic amines) is 1. The highest BCUT2D eigenvalue weighted by Gasteiger charge is 2.92. The number of aliphatic hydroxyl groups is 3. The summed E-state index contributed by atoms with van der Waals surface area (Å²) in [4.78, 5) is 41.2. The fraction of sp³-hybridized carbons (Fsp3) is 0.702. The van der Waals surface area contributed by atoms with Crippen LogP contribution in [0.4, 0.5) is 0 Å². The molecule has 6 fully saturated rings. The second-order valence-electron chi connectivity index (χ2n) is 19.1. The number of furan rings is 1. The van der Waals surface area contributed by atoms with Gasteiger partial charge in [0.2, 0.25) is 0 Å². The van der Waals surface area contributed by atoms with Gasteiger partial charge in [-0.25, -0.2) is 4.79 Å². The lowest BCUT2D eigenvalue weighted by atomic mass is 9.42. The Balaban J connectivity index is 0.000000268. The van der Waals surface area contributed by atoms with Crippen LogP contribution < -0.4 is 10.6 Å². The number of nitrogens with one attached hydrogen (secondary N) is 2. The van der Waals surface area contributed by atoms with Crippen molar-refractivity contribution >= 4 is 23.7 Å². The second kappa shape index (κ2) is 20.3. The summed E-state index contributed by atoms with van der Waals surface area (Å²) < 4.78 is 43.1. The molecule has 20 heteroatoms. The molecule has 5 saturated carbocycles. The van der Waals surface area contributed by atoms with Crippen LogP contribution in [-0.2, 0) is 45.5 Å². The number of esters is 2. The highest BCUT2D eigenvalue weighted by atomic mass is 32.2. The Hall–Kier alpha value is -3.83. The van der Waals surface area contributed by atoms with E-state index in [-0.39, 0.29) is 25.0 Å². The van der Waals surface area contributed by atoms with Gasteiger partial charge in [-0.2, -0.15) is 11.8 Å². The number of nitrogens with zero attached hydrogens (tertiary/aromatic N) is 3. The first-order valence-corrected chi connectivity index (χ1v) is 24.1. The molecule has 1 unspecified atom stereocenters. The molecule has 0 radical (unpaired) electrons. The third kappa shape index (κ3) is 8.35. The predicted molar refractivity (Wildman–Crippen MR) is 245 cm³/mol. The minimum Gasteiger partial charge on any atom is -0.464 e. The molecule has 7 bridgehead atoms. The molecule has 67 heavy (non-hydrogen) atoms. The minimum atomic E-state index is -1.83. The van der Waals surface area contributed by atoms with Gasteiger partial charge in [-0.1, -0.05) is 25.1 Å². The number of benzene rings is 1. The molecular weight excluding hydrogens is 891 g/mol. The Labute approximate surface area is 396 Å². The number of hydrogen-bond acceptors (Lipinski definition) is 19. The topological polar surface area (TPSA) is 237 Å². The number of nitro groups is 1. The smallest absolute Gasteiger partial charge is 0.338 e. The monoisotopic (exact) mass is 959 g/mol. The minimum absolute atomic E-state index is 0.0791. The maximum atomic E-state index is 13.8. The fourth-order valence-corrected chi connectivity index (χ4v) is 14.7. The molecule has 5 N–H and O–H groups in total. The fourth-order valence-electron chi connectivity index (χ4n) is 13.9. The normalized spacial score (nSPS) is 37.9. The molecular formula is C47H69N5O14S. The Morgan fingerprint density at radius 1 is 1.04 bits per heavy atom. The molecule has 2 aromatic rings. The maximum absolute atomic E-state index is 13.8. The lowest BCUT2D eigenvalue weighted by Crippen LogP contribution is -2.81. The van der Waals surface area contributed by atoms with Gasteiger partial charge in [0.1, 0.15) is 35.4 Å². The van der Waals surface area contributed by atoms with Crippen LogP contribution in [0, 0.1) is 44.6 Å². The van der Waals surface area contributed by atoms with Gasteiger partial charge in [0, 0.05) is 102 Å². The Bertz CT molecular complexity index is 2100. The number of hydrogen-bond donors (Lipinski definition) is 5. The first kappa shape index (κ1) is 51.0. The molecule has 372 valence electrons. The zero-order valence-electron chi connectivity index (χ0n) is 39.9. The van der Waals surface area contributed by atoms with Crippen molar-refractivity contribution in [2.45, 2.75) is 92.9 Å². The SMILES string of the molecule is CCN1C[C@]2(COC)[C@H](O)C[C@H](OC)[C@]34C1[C@H]([C@H](OC)[C@H]23)[C@]1(OC(C)=O)[C@H]2[C@@H](OC(=O)c3ccccc3)[C@](O)(C[C@H]24)[C@@H](OC)[C@@H]1O.CN/C(=C/[N+](=O)[O-])NCCSCc1ccc(CN(C)C)o1. The lowest BCUT2D eigenvalue weighted by Gasteiger charge is -2.70. The van der Waals surface area contributed by atoms with Gasteiger partial charge >= 0.3 is 11.9 Å². The average molecular weight is 960 g/mol. The van der Waals surface area contributed by atoms with Gasteiger partial charge in [-0.15, -0.1) is 0 Å². The standard InChI is InChI=1S/C34H47NO11.C13H22N4O3S/c1-7-35-15-31(16-41-3)20(37)13-21(42-4)33-19-14-32(40)28(45-30(39)18-11-9-8-10-12-18)22(19)34(46-17(2)36,27(38)29(32)44-6)23(26(33)35)24(43-5)25(31)33;1-14-13(9-17(18)19)15-6-7-21-10-12-5-4-11(20-12)8-16(2)3/h8-12,19-29,37-38,40H,7,13-16H2,1-6H3;4-5,9,14-15H,6-8,10H2,1-3H3/b;13-9-/t19-,20-,21+,22-,23+,24+,25-,26?,27+,28-,29+,31+,32-,33+,34-;/m1./s1. The van der Waals surface area contributed by atoms with Crippen LogP contribution in [0.1, 0.15) is 48.6 Å². The molecule has 1 aromatic carbocycles. The first-order valence-electron chi connectivity index (χ1n) is 22.9. The number of fused-ring (bicyclic) bond motifs is 2. The number of rotatable bonds is 19. The molecule has 1 saturated heterocycles. The molecule has 2 heterocycles. The summed E-state index contributed by atoms with van der Waals surface area (Å²) in [6.45, 7) is 6.12. The Morgan fingerprint density at radius 3 is 2.36 bits per heavy atom. The summed E-state index contributed by atoms with van der Waals surface area (Å²) in [5.74, 6) is 0.299. The summed E-state index contributed by atoms with van der Waals surface area (Å²) in [5, 5.41) is 53.3. The van der Waals surface area contributed by atoms with Crippen LogP contribution in [0.2, 0.25) is 0 Å². The molecule has 8 rings (SSSR count). The molecule has 19 nitrogen and oxygen atoms in total. The Morgan fingerprint density at radius 2 is 1.76 bits per heavy atom. The molecule has 6 aliphatic rings. The van der Waals surface area contributed by atoms with E-state index in [2.05, 4.69) is 20.4 Å². The predicted octanol–water partition coefficient (Wildman–Crippen LogP) is 2.11. The van der Waals surface area contributed by atoms with Crippen molar-refractivity contribution in [3.8, 4) is 0 Å². The molecule has 1 aromatic heterocycles. The van der Waals surface area contributed by atoms with E-state index < -0.39 is 93.3 Å². The van der Waals surface area contributed by atoms with E-state index >= 15 is 0 Å². The van der Waals surface area contributed by atoms with Crippen LogP contribution in [0.3, 0.4) is 0 Å². The van der Waals surface area contributed by atoms with Crippen LogP contribution in [0.5, 0.6) is 0 Å². The molecule has 1 aliphatic heterocycles. The van der Waals surface area contributed by atoms with Crippen molar-refractivity contribution in [3.05, 3.63) is 81.7 Å². The quantitative estimate of drug-likeness (QED) is 0.0587. The number of carbonyl (C=O) groups is 2. The van der Waals surface area contributed by atoms with E-state index in [9.17, 15) is 35.0 Å². The number of methoxy groups -OCH3 is 4. The van der Waals surface area contributed by atoms with Crippen LogP contribution in [-0.4, -0.2) is 177 Å². The van der Waals surface area contributed by atoms with Gasteiger partial charge in [0.05, 0.1) is 47.7 Å². The summed E-state index contributed by atoms with van der Waals surface area (Å²) in [5.41, 5.74) is -4.79. The first-order chi connectivity index (χ1) is 32.0. The zero-order chi connectivity index (χ0) is 48.6. The van der Waals surface area contributed by atoms with E-state index in [0.717, 1.165) is 35.8 Å². The van der Waals surface area contributed by atoms with Gasteiger partial charge in [-0.3, -0.25) is 19.8 Å². The number of thioether (sulfide) groups is 1.